The van der Waals surface area contributed by atoms with E-state index in [9.17, 15) is 28.6 Å². The topological polar surface area (TPSA) is 141 Å². The lowest BCUT2D eigenvalue weighted by atomic mass is 10.2. The SMILES string of the molecule is Cc1cc(S(=O)(=O)O)c([N+](=O)[O-])cc1[N+](=O)[O-]. The number of nitrogens with zero attached hydrogens (tertiary/aromatic N) is 2. The van der Waals surface area contributed by atoms with Gasteiger partial charge in [0, 0.05) is 5.56 Å². The van der Waals surface area contributed by atoms with Crippen LogP contribution in [-0.4, -0.2) is 22.8 Å². The van der Waals surface area contributed by atoms with Crippen molar-refractivity contribution in [2.45, 2.75) is 11.8 Å². The van der Waals surface area contributed by atoms with Gasteiger partial charge in [0.2, 0.25) is 0 Å². The average molecular weight is 262 g/mol. The number of rotatable bonds is 3. The summed E-state index contributed by atoms with van der Waals surface area (Å²) in [5.41, 5.74) is -1.73. The van der Waals surface area contributed by atoms with Gasteiger partial charge in [0.1, 0.15) is 0 Å². The van der Waals surface area contributed by atoms with Crippen LogP contribution in [-0.2, 0) is 10.1 Å². The van der Waals surface area contributed by atoms with E-state index in [2.05, 4.69) is 0 Å². The minimum Gasteiger partial charge on any atom is -0.282 e. The molecule has 0 radical (unpaired) electrons. The lowest BCUT2D eigenvalue weighted by Gasteiger charge is -2.02. The maximum atomic E-state index is 10.9. The molecule has 0 heterocycles. The second-order valence-corrected chi connectivity index (χ2v) is 4.49. The summed E-state index contributed by atoms with van der Waals surface area (Å²) in [5, 5.41) is 21.1. The molecule has 0 unspecified atom stereocenters. The van der Waals surface area contributed by atoms with Crippen molar-refractivity contribution in [1.82, 2.24) is 0 Å². The standard InChI is InChI=1S/C7H6N2O7S/c1-4-2-7(17(14,15)16)6(9(12)13)3-5(4)8(10)11/h2-3H,1H3,(H,14,15,16). The Morgan fingerprint density at radius 1 is 1.12 bits per heavy atom. The number of hydrogen-bond acceptors (Lipinski definition) is 6. The quantitative estimate of drug-likeness (QED) is 0.487. The highest BCUT2D eigenvalue weighted by molar-refractivity contribution is 7.86. The molecule has 0 bridgehead atoms. The van der Waals surface area contributed by atoms with Crippen LogP contribution in [0.3, 0.4) is 0 Å². The molecule has 1 N–H and O–H groups in total. The Morgan fingerprint density at radius 3 is 1.94 bits per heavy atom. The predicted molar refractivity (Wildman–Crippen MR) is 54.3 cm³/mol. The van der Waals surface area contributed by atoms with Gasteiger partial charge >= 0.3 is 10.1 Å². The summed E-state index contributed by atoms with van der Waals surface area (Å²) in [5.74, 6) is 0. The average Bonchev–Trinajstić information content (AvgIpc) is 2.14. The second kappa shape index (κ2) is 4.07. The molecule has 1 rings (SSSR count). The maximum absolute atomic E-state index is 10.9. The van der Waals surface area contributed by atoms with Gasteiger partial charge in [0.25, 0.3) is 11.4 Å². The Morgan fingerprint density at radius 2 is 1.59 bits per heavy atom. The number of aryl methyl sites for hydroxylation is 1. The van der Waals surface area contributed by atoms with Gasteiger partial charge in [0.15, 0.2) is 4.90 Å². The first-order valence-electron chi connectivity index (χ1n) is 4.05. The van der Waals surface area contributed by atoms with Crippen molar-refractivity contribution in [3.05, 3.63) is 37.9 Å². The van der Waals surface area contributed by atoms with Gasteiger partial charge in [-0.15, -0.1) is 0 Å². The first-order valence-corrected chi connectivity index (χ1v) is 5.49. The van der Waals surface area contributed by atoms with Crippen molar-refractivity contribution in [3.63, 3.8) is 0 Å². The lowest BCUT2D eigenvalue weighted by molar-refractivity contribution is -0.396. The zero-order valence-electron chi connectivity index (χ0n) is 8.35. The summed E-state index contributed by atoms with van der Waals surface area (Å²) >= 11 is 0. The Kier molecular flexibility index (Phi) is 3.11. The molecule has 0 aromatic heterocycles. The fraction of sp³-hybridized carbons (Fsp3) is 0.143. The van der Waals surface area contributed by atoms with Gasteiger partial charge in [0.05, 0.1) is 15.9 Å². The molecular formula is C7H6N2O7S. The van der Waals surface area contributed by atoms with Crippen molar-refractivity contribution in [1.29, 1.82) is 0 Å². The molecule has 0 atom stereocenters. The smallest absolute Gasteiger partial charge is 0.282 e. The van der Waals surface area contributed by atoms with E-state index in [4.69, 9.17) is 4.55 Å². The first kappa shape index (κ1) is 13.0. The molecule has 17 heavy (non-hydrogen) atoms. The lowest BCUT2D eigenvalue weighted by Crippen LogP contribution is -2.05. The number of nitro benzene ring substituents is 2. The van der Waals surface area contributed by atoms with E-state index in [1.165, 1.54) is 6.92 Å². The number of benzene rings is 1. The maximum Gasteiger partial charge on any atom is 0.301 e. The fourth-order valence-electron chi connectivity index (χ4n) is 1.20. The molecule has 1 aromatic rings. The van der Waals surface area contributed by atoms with E-state index in [1.807, 2.05) is 0 Å². The molecule has 0 aliphatic rings. The van der Waals surface area contributed by atoms with Crippen molar-refractivity contribution >= 4 is 21.5 Å². The van der Waals surface area contributed by atoms with E-state index >= 15 is 0 Å². The summed E-state index contributed by atoms with van der Waals surface area (Å²) in [6.45, 7) is 1.20. The molecule has 92 valence electrons. The van der Waals surface area contributed by atoms with Crippen LogP contribution in [0.2, 0.25) is 0 Å². The van der Waals surface area contributed by atoms with Crippen LogP contribution < -0.4 is 0 Å². The highest BCUT2D eigenvalue weighted by atomic mass is 32.2. The highest BCUT2D eigenvalue weighted by Gasteiger charge is 2.29. The Labute approximate surface area is 94.7 Å². The Balaban J connectivity index is 3.70. The van der Waals surface area contributed by atoms with Crippen LogP contribution in [0.5, 0.6) is 0 Å². The van der Waals surface area contributed by atoms with Crippen LogP contribution in [0, 0.1) is 27.2 Å². The third-order valence-electron chi connectivity index (χ3n) is 1.95. The van der Waals surface area contributed by atoms with Gasteiger partial charge in [-0.25, -0.2) is 0 Å². The monoisotopic (exact) mass is 262 g/mol. The van der Waals surface area contributed by atoms with Crippen LogP contribution in [0.4, 0.5) is 11.4 Å². The third-order valence-corrected chi connectivity index (χ3v) is 2.83. The zero-order valence-corrected chi connectivity index (χ0v) is 9.17. The summed E-state index contributed by atoms with van der Waals surface area (Å²) in [6, 6.07) is 1.18. The van der Waals surface area contributed by atoms with Gasteiger partial charge in [-0.2, -0.15) is 8.42 Å². The molecule has 0 saturated heterocycles. The van der Waals surface area contributed by atoms with Crippen LogP contribution >= 0.6 is 0 Å². The molecule has 1 aromatic carbocycles. The van der Waals surface area contributed by atoms with Gasteiger partial charge < -0.3 is 0 Å². The second-order valence-electron chi connectivity index (χ2n) is 3.10. The molecule has 0 aliphatic carbocycles. The Bertz CT molecular complexity index is 607. The molecule has 0 fully saturated rings. The molecular weight excluding hydrogens is 256 g/mol. The van der Waals surface area contributed by atoms with E-state index in [0.717, 1.165) is 0 Å². The molecule has 0 spiro atoms. The molecule has 9 nitrogen and oxygen atoms in total. The van der Waals surface area contributed by atoms with Crippen molar-refractivity contribution in [2.24, 2.45) is 0 Å². The van der Waals surface area contributed by atoms with Crippen molar-refractivity contribution < 1.29 is 22.8 Å². The largest absolute Gasteiger partial charge is 0.301 e. The van der Waals surface area contributed by atoms with E-state index in [1.54, 1.807) is 0 Å². The summed E-state index contributed by atoms with van der Waals surface area (Å²) in [7, 11) is -4.81. The van der Waals surface area contributed by atoms with Crippen molar-refractivity contribution in [2.75, 3.05) is 0 Å². The number of nitro groups is 2. The van der Waals surface area contributed by atoms with E-state index in [-0.39, 0.29) is 5.56 Å². The van der Waals surface area contributed by atoms with Crippen LogP contribution in [0.25, 0.3) is 0 Å². The molecule has 0 saturated carbocycles. The fourth-order valence-corrected chi connectivity index (χ4v) is 1.93. The van der Waals surface area contributed by atoms with E-state index in [0.29, 0.717) is 12.1 Å². The highest BCUT2D eigenvalue weighted by Crippen LogP contribution is 2.31. The van der Waals surface area contributed by atoms with E-state index < -0.39 is 36.2 Å². The normalized spacial score (nSPS) is 11.2. The predicted octanol–water partition coefficient (Wildman–Crippen LogP) is 1.06. The zero-order chi connectivity index (χ0) is 13.4. The number of hydrogen-bond donors (Lipinski definition) is 1. The minimum absolute atomic E-state index is 0.103. The minimum atomic E-state index is -4.81. The molecule has 0 amide bonds. The van der Waals surface area contributed by atoms with Gasteiger partial charge in [-0.3, -0.25) is 24.8 Å². The van der Waals surface area contributed by atoms with Crippen LogP contribution in [0.15, 0.2) is 17.0 Å². The molecule has 0 aliphatic heterocycles. The summed E-state index contributed by atoms with van der Waals surface area (Å²) < 4.78 is 30.5. The van der Waals surface area contributed by atoms with Crippen molar-refractivity contribution in [3.8, 4) is 0 Å². The summed E-state index contributed by atoms with van der Waals surface area (Å²) in [6.07, 6.45) is 0. The summed E-state index contributed by atoms with van der Waals surface area (Å²) in [4.78, 5) is 18.1. The van der Waals surface area contributed by atoms with Gasteiger partial charge in [-0.1, -0.05) is 0 Å². The van der Waals surface area contributed by atoms with Gasteiger partial charge in [-0.05, 0) is 13.0 Å². The first-order chi connectivity index (χ1) is 7.64. The third kappa shape index (κ3) is 2.54. The van der Waals surface area contributed by atoms with Crippen LogP contribution in [0.1, 0.15) is 5.56 Å². The molecule has 10 heteroatoms. The Hall–Kier alpha value is -2.07.